The Morgan fingerprint density at radius 2 is 2.00 bits per heavy atom. The van der Waals surface area contributed by atoms with Crippen molar-refractivity contribution in [2.24, 2.45) is 0 Å². The van der Waals surface area contributed by atoms with Gasteiger partial charge in [0, 0.05) is 17.7 Å². The summed E-state index contributed by atoms with van der Waals surface area (Å²) in [5.74, 6) is -0.784. The smallest absolute Gasteiger partial charge is 0.387 e. The van der Waals surface area contributed by atoms with Crippen molar-refractivity contribution in [3.63, 3.8) is 0 Å². The van der Waals surface area contributed by atoms with Crippen molar-refractivity contribution >= 4 is 23.3 Å². The number of allylic oxidation sites excluding steroid dienone is 1. The van der Waals surface area contributed by atoms with Crippen molar-refractivity contribution in [1.29, 1.82) is 0 Å². The maximum atomic E-state index is 13.0. The Kier molecular flexibility index (Phi) is 8.23. The Morgan fingerprint density at radius 1 is 1.21 bits per heavy atom. The molecule has 0 saturated heterocycles. The number of hydrogen-bond acceptors (Lipinski definition) is 7. The Labute approximate surface area is 193 Å². The normalized spacial score (nSPS) is 16.1. The Morgan fingerprint density at radius 3 is 2.64 bits per heavy atom. The lowest BCUT2D eigenvalue weighted by molar-refractivity contribution is -0.141. The first-order valence-electron chi connectivity index (χ1n) is 9.95. The SMILES string of the molecule is COCCOC(=O)C1=C(C)N(Cc2cccs2)C(=O)NC1c1ccc(OC)c(OC(F)F)c1. The van der Waals surface area contributed by atoms with Crippen molar-refractivity contribution in [3.8, 4) is 11.5 Å². The van der Waals surface area contributed by atoms with Gasteiger partial charge in [0.1, 0.15) is 6.61 Å². The van der Waals surface area contributed by atoms with Crippen LogP contribution >= 0.6 is 11.3 Å². The summed E-state index contributed by atoms with van der Waals surface area (Å²) in [5, 5.41) is 4.67. The number of halogens is 2. The van der Waals surface area contributed by atoms with E-state index in [4.69, 9.17) is 14.2 Å². The third kappa shape index (κ3) is 5.79. The molecule has 1 aliphatic heterocycles. The summed E-state index contributed by atoms with van der Waals surface area (Å²) in [6.45, 7) is -0.957. The van der Waals surface area contributed by atoms with Gasteiger partial charge in [-0.15, -0.1) is 11.3 Å². The van der Waals surface area contributed by atoms with Crippen LogP contribution in [-0.4, -0.2) is 50.9 Å². The van der Waals surface area contributed by atoms with Crippen molar-refractivity contribution in [1.82, 2.24) is 10.2 Å². The molecule has 0 aliphatic carbocycles. The average molecular weight is 483 g/mol. The standard InChI is InChI=1S/C22H24F2N2O6S/c1-13-18(20(27)31-9-8-29-2)19(25-22(28)26(13)12-15-5-4-10-33-15)14-6-7-16(30-3)17(11-14)32-21(23)24/h4-7,10-11,19,21H,8-9,12H2,1-3H3,(H,25,28). The summed E-state index contributed by atoms with van der Waals surface area (Å²) in [7, 11) is 2.80. The molecule has 1 aromatic heterocycles. The second-order valence-electron chi connectivity index (χ2n) is 6.96. The number of alkyl halides is 2. The largest absolute Gasteiger partial charge is 0.493 e. The predicted molar refractivity (Wildman–Crippen MR) is 116 cm³/mol. The number of urea groups is 1. The second-order valence-corrected chi connectivity index (χ2v) is 8.00. The molecule has 178 valence electrons. The van der Waals surface area contributed by atoms with Gasteiger partial charge in [0.25, 0.3) is 0 Å². The zero-order valence-electron chi connectivity index (χ0n) is 18.3. The van der Waals surface area contributed by atoms with Crippen LogP contribution in [0.25, 0.3) is 0 Å². The first kappa shape index (κ1) is 24.5. The number of methoxy groups -OCH3 is 2. The number of amides is 2. The molecule has 0 radical (unpaired) electrons. The van der Waals surface area contributed by atoms with E-state index in [0.29, 0.717) is 11.3 Å². The van der Waals surface area contributed by atoms with Crippen LogP contribution in [0.4, 0.5) is 13.6 Å². The highest BCUT2D eigenvalue weighted by Crippen LogP contribution is 2.37. The third-order valence-corrected chi connectivity index (χ3v) is 5.83. The fraction of sp³-hybridized carbons (Fsp3) is 0.364. The summed E-state index contributed by atoms with van der Waals surface area (Å²) in [4.78, 5) is 28.3. The number of carbonyl (C=O) groups is 2. The molecule has 2 amide bonds. The lowest BCUT2D eigenvalue weighted by atomic mass is 9.94. The number of carbonyl (C=O) groups excluding carboxylic acids is 2. The molecule has 11 heteroatoms. The zero-order valence-corrected chi connectivity index (χ0v) is 19.1. The number of benzene rings is 1. The molecular weight excluding hydrogens is 458 g/mol. The minimum Gasteiger partial charge on any atom is -0.493 e. The molecule has 33 heavy (non-hydrogen) atoms. The van der Waals surface area contributed by atoms with E-state index < -0.39 is 24.7 Å². The maximum Gasteiger partial charge on any atom is 0.387 e. The summed E-state index contributed by atoms with van der Waals surface area (Å²) in [6, 6.07) is 6.66. The number of nitrogens with zero attached hydrogens (tertiary/aromatic N) is 1. The molecule has 0 bridgehead atoms. The van der Waals surface area contributed by atoms with Gasteiger partial charge in [-0.1, -0.05) is 12.1 Å². The van der Waals surface area contributed by atoms with Crippen molar-refractivity contribution < 1.29 is 37.3 Å². The Balaban J connectivity index is 2.02. The van der Waals surface area contributed by atoms with Crippen LogP contribution in [-0.2, 0) is 20.8 Å². The molecule has 1 atom stereocenters. The monoisotopic (exact) mass is 482 g/mol. The molecule has 0 spiro atoms. The fourth-order valence-corrected chi connectivity index (χ4v) is 4.09. The van der Waals surface area contributed by atoms with E-state index in [1.807, 2.05) is 17.5 Å². The summed E-state index contributed by atoms with van der Waals surface area (Å²) >= 11 is 1.48. The highest BCUT2D eigenvalue weighted by Gasteiger charge is 2.37. The molecule has 2 aromatic rings. The first-order chi connectivity index (χ1) is 15.8. The van der Waals surface area contributed by atoms with E-state index in [-0.39, 0.29) is 36.8 Å². The van der Waals surface area contributed by atoms with Gasteiger partial charge in [0.05, 0.1) is 31.9 Å². The van der Waals surface area contributed by atoms with Gasteiger partial charge in [-0.05, 0) is 36.1 Å². The van der Waals surface area contributed by atoms with Crippen LogP contribution in [0.1, 0.15) is 23.4 Å². The number of hydrogen-bond donors (Lipinski definition) is 1. The van der Waals surface area contributed by atoms with Crippen molar-refractivity contribution in [3.05, 3.63) is 57.4 Å². The molecule has 1 aliphatic rings. The Bertz CT molecular complexity index is 1010. The van der Waals surface area contributed by atoms with E-state index in [2.05, 4.69) is 10.1 Å². The zero-order chi connectivity index (χ0) is 24.0. The molecule has 1 aromatic carbocycles. The Hall–Kier alpha value is -3.18. The van der Waals surface area contributed by atoms with Crippen LogP contribution in [0.3, 0.4) is 0 Å². The van der Waals surface area contributed by atoms with E-state index in [9.17, 15) is 18.4 Å². The minimum absolute atomic E-state index is 0.0139. The van der Waals surface area contributed by atoms with Crippen molar-refractivity contribution in [2.75, 3.05) is 27.4 Å². The topological polar surface area (TPSA) is 86.3 Å². The van der Waals surface area contributed by atoms with E-state index in [1.165, 1.54) is 42.6 Å². The molecule has 0 fully saturated rings. The van der Waals surface area contributed by atoms with Gasteiger partial charge in [-0.25, -0.2) is 9.59 Å². The van der Waals surface area contributed by atoms with Gasteiger partial charge in [-0.2, -0.15) is 8.78 Å². The van der Waals surface area contributed by atoms with Gasteiger partial charge in [0.2, 0.25) is 0 Å². The average Bonchev–Trinajstić information content (AvgIpc) is 3.29. The fourth-order valence-electron chi connectivity index (χ4n) is 3.40. The van der Waals surface area contributed by atoms with Gasteiger partial charge in [-0.3, -0.25) is 4.90 Å². The van der Waals surface area contributed by atoms with E-state index >= 15 is 0 Å². The van der Waals surface area contributed by atoms with E-state index in [1.54, 1.807) is 13.0 Å². The minimum atomic E-state index is -3.08. The van der Waals surface area contributed by atoms with Gasteiger partial charge in [0.15, 0.2) is 11.5 Å². The van der Waals surface area contributed by atoms with Crippen LogP contribution in [0.15, 0.2) is 47.0 Å². The number of rotatable bonds is 10. The van der Waals surface area contributed by atoms with Crippen LogP contribution < -0.4 is 14.8 Å². The van der Waals surface area contributed by atoms with Gasteiger partial charge >= 0.3 is 18.6 Å². The second kappa shape index (κ2) is 11.1. The molecular formula is C22H24F2N2O6S. The third-order valence-electron chi connectivity index (χ3n) is 4.97. The molecule has 1 unspecified atom stereocenters. The number of ether oxygens (including phenoxy) is 4. The molecule has 2 heterocycles. The summed E-state index contributed by atoms with van der Waals surface area (Å²) < 4.78 is 45.7. The van der Waals surface area contributed by atoms with Crippen LogP contribution in [0.2, 0.25) is 0 Å². The van der Waals surface area contributed by atoms with Crippen LogP contribution in [0.5, 0.6) is 11.5 Å². The van der Waals surface area contributed by atoms with Gasteiger partial charge < -0.3 is 24.3 Å². The number of nitrogens with one attached hydrogen (secondary N) is 1. The summed E-state index contributed by atoms with van der Waals surface area (Å²) in [6.07, 6.45) is 0. The first-order valence-corrected chi connectivity index (χ1v) is 10.8. The number of thiophene rings is 1. The quantitative estimate of drug-likeness (QED) is 0.406. The molecule has 1 N–H and O–H groups in total. The lowest BCUT2D eigenvalue weighted by Gasteiger charge is -2.35. The van der Waals surface area contributed by atoms with E-state index in [0.717, 1.165) is 4.88 Å². The molecule has 8 nitrogen and oxygen atoms in total. The maximum absolute atomic E-state index is 13.0. The van der Waals surface area contributed by atoms with Crippen molar-refractivity contribution in [2.45, 2.75) is 26.1 Å². The molecule has 0 saturated carbocycles. The highest BCUT2D eigenvalue weighted by molar-refractivity contribution is 7.09. The lowest BCUT2D eigenvalue weighted by Crippen LogP contribution is -2.47. The van der Waals surface area contributed by atoms with Crippen LogP contribution in [0, 0.1) is 0 Å². The predicted octanol–water partition coefficient (Wildman–Crippen LogP) is 4.09. The highest BCUT2D eigenvalue weighted by atomic mass is 32.1. The summed E-state index contributed by atoms with van der Waals surface area (Å²) in [5.41, 5.74) is 0.927. The molecule has 3 rings (SSSR count). The number of esters is 1.